The van der Waals surface area contributed by atoms with Gasteiger partial charge in [-0.15, -0.1) is 0 Å². The van der Waals surface area contributed by atoms with Crippen LogP contribution in [0.15, 0.2) is 34.9 Å². The van der Waals surface area contributed by atoms with E-state index in [0.29, 0.717) is 11.4 Å². The number of hydrogen-bond acceptors (Lipinski definition) is 4. The topological polar surface area (TPSA) is 70.1 Å². The van der Waals surface area contributed by atoms with Crippen molar-refractivity contribution in [3.05, 3.63) is 40.6 Å². The Morgan fingerprint density at radius 3 is 2.88 bits per heavy atom. The number of halogens is 1. The van der Waals surface area contributed by atoms with E-state index in [1.807, 2.05) is 6.07 Å². The monoisotopic (exact) mass is 295 g/mol. The summed E-state index contributed by atoms with van der Waals surface area (Å²) in [5.74, 6) is -0.0782. The second-order valence-electron chi connectivity index (χ2n) is 3.42. The van der Waals surface area contributed by atoms with Gasteiger partial charge in [0.25, 0.3) is 0 Å². The molecule has 1 aromatic carbocycles. The molecule has 0 unspecified atom stereocenters. The predicted octanol–water partition coefficient (Wildman–Crippen LogP) is 1.98. The Kier molecular flexibility index (Phi) is 3.14. The first kappa shape index (κ1) is 11.7. The van der Waals surface area contributed by atoms with E-state index >= 15 is 0 Å². The third-order valence-electron chi connectivity index (χ3n) is 2.17. The van der Waals surface area contributed by atoms with Gasteiger partial charge in [-0.3, -0.25) is 4.68 Å². The maximum atomic E-state index is 11.8. The maximum absolute atomic E-state index is 11.8. The van der Waals surface area contributed by atoms with Crippen LogP contribution in [-0.2, 0) is 7.05 Å². The molecule has 5 nitrogen and oxygen atoms in total. The molecule has 0 spiro atoms. The van der Waals surface area contributed by atoms with Crippen LogP contribution in [-0.4, -0.2) is 15.7 Å². The lowest BCUT2D eigenvalue weighted by Crippen LogP contribution is -2.15. The fourth-order valence-corrected chi connectivity index (χ4v) is 1.77. The van der Waals surface area contributed by atoms with Crippen LogP contribution in [0.4, 0.5) is 5.69 Å². The van der Waals surface area contributed by atoms with Crippen molar-refractivity contribution in [2.24, 2.45) is 7.05 Å². The van der Waals surface area contributed by atoms with Crippen LogP contribution in [0, 0.1) is 0 Å². The molecule has 17 heavy (non-hydrogen) atoms. The van der Waals surface area contributed by atoms with Crippen molar-refractivity contribution in [2.45, 2.75) is 0 Å². The first-order valence-corrected chi connectivity index (χ1v) is 5.62. The minimum absolute atomic E-state index is 0.241. The molecule has 0 bridgehead atoms. The van der Waals surface area contributed by atoms with E-state index in [-0.39, 0.29) is 5.69 Å². The molecule has 0 fully saturated rings. The van der Waals surface area contributed by atoms with Crippen molar-refractivity contribution in [3.8, 4) is 5.75 Å². The predicted molar refractivity (Wildman–Crippen MR) is 66.7 cm³/mol. The second kappa shape index (κ2) is 4.58. The van der Waals surface area contributed by atoms with Crippen LogP contribution in [0.5, 0.6) is 5.75 Å². The van der Waals surface area contributed by atoms with Crippen LogP contribution >= 0.6 is 15.9 Å². The molecule has 0 aliphatic heterocycles. The maximum Gasteiger partial charge on any atom is 0.364 e. The number of hydrogen-bond donors (Lipinski definition) is 1. The first-order valence-electron chi connectivity index (χ1n) is 4.83. The van der Waals surface area contributed by atoms with E-state index in [0.717, 1.165) is 4.47 Å². The van der Waals surface area contributed by atoms with Gasteiger partial charge in [0.05, 0.1) is 11.9 Å². The molecular weight excluding hydrogens is 286 g/mol. The normalized spacial score (nSPS) is 10.2. The number of nitrogen functional groups attached to an aromatic ring is 1. The number of esters is 1. The van der Waals surface area contributed by atoms with Gasteiger partial charge in [-0.2, -0.15) is 5.10 Å². The zero-order valence-corrected chi connectivity index (χ0v) is 10.6. The third kappa shape index (κ3) is 2.47. The molecule has 0 aliphatic rings. The van der Waals surface area contributed by atoms with Gasteiger partial charge in [0.2, 0.25) is 0 Å². The van der Waals surface area contributed by atoms with Gasteiger partial charge >= 0.3 is 5.97 Å². The molecule has 0 atom stereocenters. The smallest absolute Gasteiger partial charge is 0.364 e. The fourth-order valence-electron chi connectivity index (χ4n) is 1.39. The molecule has 1 aromatic heterocycles. The number of rotatable bonds is 2. The molecule has 2 aromatic rings. The fraction of sp³-hybridized carbons (Fsp3) is 0.0909. The lowest BCUT2D eigenvalue weighted by atomic mass is 10.3. The molecule has 88 valence electrons. The Morgan fingerprint density at radius 2 is 2.29 bits per heavy atom. The van der Waals surface area contributed by atoms with E-state index < -0.39 is 5.97 Å². The number of aromatic nitrogens is 2. The number of ether oxygens (including phenoxy) is 1. The Bertz CT molecular complexity index is 546. The number of carbonyl (C=O) groups is 1. The van der Waals surface area contributed by atoms with Gasteiger partial charge in [-0.05, 0) is 18.2 Å². The van der Waals surface area contributed by atoms with E-state index in [1.54, 1.807) is 25.2 Å². The molecule has 0 saturated carbocycles. The zero-order chi connectivity index (χ0) is 12.4. The number of benzene rings is 1. The molecule has 0 saturated heterocycles. The summed E-state index contributed by atoms with van der Waals surface area (Å²) in [4.78, 5) is 11.8. The number of aryl methyl sites for hydroxylation is 1. The third-order valence-corrected chi connectivity index (χ3v) is 2.66. The van der Waals surface area contributed by atoms with Crippen LogP contribution < -0.4 is 10.5 Å². The Morgan fingerprint density at radius 1 is 1.53 bits per heavy atom. The molecule has 0 amide bonds. The van der Waals surface area contributed by atoms with Crippen molar-refractivity contribution in [1.82, 2.24) is 9.78 Å². The van der Waals surface area contributed by atoms with Gasteiger partial charge in [0, 0.05) is 11.5 Å². The minimum Gasteiger partial charge on any atom is -0.422 e. The van der Waals surface area contributed by atoms with E-state index in [2.05, 4.69) is 21.0 Å². The molecule has 1 heterocycles. The Hall–Kier alpha value is -1.82. The van der Waals surface area contributed by atoms with Crippen molar-refractivity contribution < 1.29 is 9.53 Å². The quantitative estimate of drug-likeness (QED) is 0.679. The van der Waals surface area contributed by atoms with Crippen molar-refractivity contribution in [1.29, 1.82) is 0 Å². The van der Waals surface area contributed by atoms with Gasteiger partial charge < -0.3 is 10.5 Å². The van der Waals surface area contributed by atoms with Crippen LogP contribution in [0.25, 0.3) is 0 Å². The molecule has 0 radical (unpaired) electrons. The zero-order valence-electron chi connectivity index (χ0n) is 9.05. The average Bonchev–Trinajstić information content (AvgIpc) is 2.58. The van der Waals surface area contributed by atoms with E-state index in [4.69, 9.17) is 10.5 Å². The Balaban J connectivity index is 2.23. The summed E-state index contributed by atoms with van der Waals surface area (Å²) in [6.07, 6.45) is 1.41. The van der Waals surface area contributed by atoms with Gasteiger partial charge in [0.15, 0.2) is 5.69 Å². The van der Waals surface area contributed by atoms with Crippen LogP contribution in [0.1, 0.15) is 10.5 Å². The molecular formula is C11H10BrN3O2. The van der Waals surface area contributed by atoms with Crippen LogP contribution in [0.2, 0.25) is 0 Å². The summed E-state index contributed by atoms with van der Waals surface area (Å²) in [5, 5.41) is 3.88. The van der Waals surface area contributed by atoms with Crippen LogP contribution in [0.3, 0.4) is 0 Å². The summed E-state index contributed by atoms with van der Waals surface area (Å²) in [6.45, 7) is 0. The molecule has 0 aliphatic carbocycles. The number of nitrogens with two attached hydrogens (primary N) is 1. The highest BCUT2D eigenvalue weighted by Crippen LogP contribution is 2.20. The standard InChI is InChI=1S/C11H10BrN3O2/c1-15-10(9(13)6-14-15)11(16)17-8-4-2-3-7(12)5-8/h2-6H,13H2,1H3. The molecule has 2 rings (SSSR count). The highest BCUT2D eigenvalue weighted by Gasteiger charge is 2.17. The summed E-state index contributed by atoms with van der Waals surface area (Å²) in [6, 6.07) is 7.01. The summed E-state index contributed by atoms with van der Waals surface area (Å²) < 4.78 is 7.41. The SMILES string of the molecule is Cn1ncc(N)c1C(=O)Oc1cccc(Br)c1. The summed E-state index contributed by atoms with van der Waals surface area (Å²) in [5.41, 5.74) is 6.17. The summed E-state index contributed by atoms with van der Waals surface area (Å²) in [7, 11) is 1.63. The summed E-state index contributed by atoms with van der Waals surface area (Å²) >= 11 is 3.30. The Labute approximate surface area is 106 Å². The first-order chi connectivity index (χ1) is 8.08. The molecule has 6 heteroatoms. The highest BCUT2D eigenvalue weighted by atomic mass is 79.9. The lowest BCUT2D eigenvalue weighted by molar-refractivity contribution is 0.0724. The number of carbonyl (C=O) groups excluding carboxylic acids is 1. The lowest BCUT2D eigenvalue weighted by Gasteiger charge is -2.05. The van der Waals surface area contributed by atoms with Crippen molar-refractivity contribution in [3.63, 3.8) is 0 Å². The highest BCUT2D eigenvalue weighted by molar-refractivity contribution is 9.10. The number of anilines is 1. The second-order valence-corrected chi connectivity index (χ2v) is 4.33. The van der Waals surface area contributed by atoms with Gasteiger partial charge in [-0.25, -0.2) is 4.79 Å². The average molecular weight is 296 g/mol. The van der Waals surface area contributed by atoms with E-state index in [9.17, 15) is 4.79 Å². The van der Waals surface area contributed by atoms with E-state index in [1.165, 1.54) is 10.9 Å². The largest absolute Gasteiger partial charge is 0.422 e. The minimum atomic E-state index is -0.527. The van der Waals surface area contributed by atoms with Gasteiger partial charge in [0.1, 0.15) is 5.75 Å². The molecule has 2 N–H and O–H groups in total. The van der Waals surface area contributed by atoms with Gasteiger partial charge in [-0.1, -0.05) is 22.0 Å². The van der Waals surface area contributed by atoms with Crippen molar-refractivity contribution >= 4 is 27.6 Å². The van der Waals surface area contributed by atoms with Crippen molar-refractivity contribution in [2.75, 3.05) is 5.73 Å². The number of nitrogens with zero attached hydrogens (tertiary/aromatic N) is 2.